The van der Waals surface area contributed by atoms with E-state index in [9.17, 15) is 10.1 Å². The van der Waals surface area contributed by atoms with Crippen LogP contribution in [0.2, 0.25) is 0 Å². The molecule has 1 saturated carbocycles. The molecule has 124 valence electrons. The fourth-order valence-corrected chi connectivity index (χ4v) is 3.41. The summed E-state index contributed by atoms with van der Waals surface area (Å²) in [6.45, 7) is 2.00. The Morgan fingerprint density at radius 3 is 2.88 bits per heavy atom. The van der Waals surface area contributed by atoms with Gasteiger partial charge in [0.2, 0.25) is 0 Å². The molecule has 3 rings (SSSR count). The number of methoxy groups -OCH3 is 1. The third-order valence-electron chi connectivity index (χ3n) is 4.99. The average molecular weight is 323 g/mol. The summed E-state index contributed by atoms with van der Waals surface area (Å²) in [5, 5.41) is 9.21. The molecule has 0 saturated heterocycles. The monoisotopic (exact) mass is 323 g/mol. The smallest absolute Gasteiger partial charge is 0.318 e. The maximum Gasteiger partial charge on any atom is 0.318 e. The quantitative estimate of drug-likeness (QED) is 0.765. The topological polar surface area (TPSA) is 67.9 Å². The summed E-state index contributed by atoms with van der Waals surface area (Å²) >= 11 is 0. The molecule has 0 radical (unpaired) electrons. The number of aromatic nitrogens is 2. The van der Waals surface area contributed by atoms with Crippen LogP contribution in [-0.4, -0.2) is 22.6 Å². The van der Waals surface area contributed by atoms with Gasteiger partial charge in [-0.2, -0.15) is 5.26 Å². The summed E-state index contributed by atoms with van der Waals surface area (Å²) in [5.74, 6) is -0.162. The SMILES string of the molecule is CCC(C#N)C[C@H]1C[C@]1(C(=O)OC)c1cn(-c2ccccc2)cn1. The lowest BCUT2D eigenvalue weighted by Crippen LogP contribution is -2.25. The first-order valence-electron chi connectivity index (χ1n) is 8.23. The molecular weight excluding hydrogens is 302 g/mol. The number of hydrogen-bond donors (Lipinski definition) is 0. The zero-order valence-electron chi connectivity index (χ0n) is 14.0. The van der Waals surface area contributed by atoms with Gasteiger partial charge in [-0.05, 0) is 37.3 Å². The molecule has 1 aromatic carbocycles. The first-order chi connectivity index (χ1) is 11.7. The molecular formula is C19H21N3O2. The summed E-state index contributed by atoms with van der Waals surface area (Å²) in [4.78, 5) is 16.9. The van der Waals surface area contributed by atoms with Crippen molar-refractivity contribution >= 4 is 5.97 Å². The second-order valence-electron chi connectivity index (χ2n) is 6.34. The van der Waals surface area contributed by atoms with E-state index in [-0.39, 0.29) is 17.8 Å². The summed E-state index contributed by atoms with van der Waals surface area (Å²) in [6.07, 6.45) is 5.83. The highest BCUT2D eigenvalue weighted by atomic mass is 16.5. The van der Waals surface area contributed by atoms with Gasteiger partial charge in [-0.1, -0.05) is 25.1 Å². The molecule has 3 atom stereocenters. The van der Waals surface area contributed by atoms with Crippen LogP contribution in [0, 0.1) is 23.2 Å². The van der Waals surface area contributed by atoms with E-state index in [4.69, 9.17) is 4.74 Å². The van der Waals surface area contributed by atoms with E-state index >= 15 is 0 Å². The minimum atomic E-state index is -0.695. The van der Waals surface area contributed by atoms with Gasteiger partial charge in [0.15, 0.2) is 0 Å². The molecule has 0 amide bonds. The van der Waals surface area contributed by atoms with Crippen molar-refractivity contribution in [3.8, 4) is 11.8 Å². The molecule has 1 heterocycles. The maximum atomic E-state index is 12.5. The molecule has 5 heteroatoms. The number of nitriles is 1. The highest BCUT2D eigenvalue weighted by Gasteiger charge is 2.63. The Morgan fingerprint density at radius 1 is 1.50 bits per heavy atom. The molecule has 24 heavy (non-hydrogen) atoms. The Hall–Kier alpha value is -2.61. The summed E-state index contributed by atoms with van der Waals surface area (Å²) in [7, 11) is 1.41. The number of carbonyl (C=O) groups is 1. The number of para-hydroxylation sites is 1. The van der Waals surface area contributed by atoms with Crippen molar-refractivity contribution in [2.24, 2.45) is 11.8 Å². The molecule has 1 aliphatic carbocycles. The number of ether oxygens (including phenoxy) is 1. The number of imidazole rings is 1. The van der Waals surface area contributed by atoms with Crippen LogP contribution in [0.4, 0.5) is 0 Å². The van der Waals surface area contributed by atoms with E-state index in [1.165, 1.54) is 7.11 Å². The predicted molar refractivity (Wildman–Crippen MR) is 89.4 cm³/mol. The first-order valence-corrected chi connectivity index (χ1v) is 8.23. The van der Waals surface area contributed by atoms with E-state index in [1.54, 1.807) is 6.33 Å². The van der Waals surface area contributed by atoms with Crippen LogP contribution < -0.4 is 0 Å². The highest BCUT2D eigenvalue weighted by molar-refractivity contribution is 5.86. The van der Waals surface area contributed by atoms with Crippen LogP contribution >= 0.6 is 0 Å². The average Bonchev–Trinajstić information content (AvgIpc) is 3.13. The van der Waals surface area contributed by atoms with E-state index in [0.717, 1.165) is 17.8 Å². The van der Waals surface area contributed by atoms with Gasteiger partial charge in [0.05, 0.1) is 25.2 Å². The lowest BCUT2D eigenvalue weighted by molar-refractivity contribution is -0.144. The number of hydrogen-bond acceptors (Lipinski definition) is 4. The van der Waals surface area contributed by atoms with Crippen LogP contribution in [0.1, 0.15) is 31.9 Å². The van der Waals surface area contributed by atoms with Crippen molar-refractivity contribution in [1.82, 2.24) is 9.55 Å². The van der Waals surface area contributed by atoms with E-state index in [0.29, 0.717) is 12.8 Å². The predicted octanol–water partition coefficient (Wildman–Crippen LogP) is 3.24. The standard InChI is InChI=1S/C19H21N3O2/c1-3-14(11-20)9-15-10-19(15,18(23)24-2)17-12-22(13-21-17)16-7-5-4-6-8-16/h4-8,12-15H,3,9-10H2,1-2H3/t14?,15-,19+/m0/s1. The van der Waals surface area contributed by atoms with E-state index in [1.807, 2.05) is 48.0 Å². The molecule has 0 aliphatic heterocycles. The fraction of sp³-hybridized carbons (Fsp3) is 0.421. The Morgan fingerprint density at radius 2 is 2.25 bits per heavy atom. The lowest BCUT2D eigenvalue weighted by atomic mass is 9.93. The minimum Gasteiger partial charge on any atom is -0.468 e. The van der Waals surface area contributed by atoms with Crippen LogP contribution in [0.15, 0.2) is 42.9 Å². The van der Waals surface area contributed by atoms with Crippen molar-refractivity contribution in [2.45, 2.75) is 31.6 Å². The van der Waals surface area contributed by atoms with E-state index < -0.39 is 5.41 Å². The molecule has 0 bridgehead atoms. The molecule has 0 N–H and O–H groups in total. The number of benzene rings is 1. The van der Waals surface area contributed by atoms with Gasteiger partial charge in [0.25, 0.3) is 0 Å². The van der Waals surface area contributed by atoms with Crippen LogP contribution in [0.25, 0.3) is 5.69 Å². The molecule has 2 aromatic rings. The van der Waals surface area contributed by atoms with Crippen LogP contribution in [0.5, 0.6) is 0 Å². The summed E-state index contributed by atoms with van der Waals surface area (Å²) in [5.41, 5.74) is 1.03. The largest absolute Gasteiger partial charge is 0.468 e. The minimum absolute atomic E-state index is 0.0299. The Bertz CT molecular complexity index is 762. The zero-order chi connectivity index (χ0) is 17.2. The number of esters is 1. The van der Waals surface area contributed by atoms with Gasteiger partial charge in [-0.15, -0.1) is 0 Å². The van der Waals surface area contributed by atoms with Gasteiger partial charge in [0.1, 0.15) is 5.41 Å². The van der Waals surface area contributed by atoms with E-state index in [2.05, 4.69) is 11.1 Å². The van der Waals surface area contributed by atoms with Gasteiger partial charge in [0, 0.05) is 17.8 Å². The molecule has 5 nitrogen and oxygen atoms in total. The van der Waals surface area contributed by atoms with Crippen molar-refractivity contribution in [3.63, 3.8) is 0 Å². The Balaban J connectivity index is 1.88. The normalized spacial score (nSPS) is 23.3. The molecule has 1 aromatic heterocycles. The van der Waals surface area contributed by atoms with Crippen molar-refractivity contribution in [3.05, 3.63) is 48.5 Å². The van der Waals surface area contributed by atoms with Gasteiger partial charge >= 0.3 is 5.97 Å². The zero-order valence-corrected chi connectivity index (χ0v) is 14.0. The van der Waals surface area contributed by atoms with Crippen LogP contribution in [-0.2, 0) is 14.9 Å². The second-order valence-corrected chi connectivity index (χ2v) is 6.34. The first kappa shape index (κ1) is 16.3. The van der Waals surface area contributed by atoms with Gasteiger partial charge in [-0.3, -0.25) is 4.79 Å². The summed E-state index contributed by atoms with van der Waals surface area (Å²) in [6, 6.07) is 12.2. The molecule has 0 spiro atoms. The number of rotatable bonds is 6. The van der Waals surface area contributed by atoms with Crippen LogP contribution in [0.3, 0.4) is 0 Å². The van der Waals surface area contributed by atoms with Crippen molar-refractivity contribution in [2.75, 3.05) is 7.11 Å². The maximum absolute atomic E-state index is 12.5. The highest BCUT2D eigenvalue weighted by Crippen LogP contribution is 2.57. The van der Waals surface area contributed by atoms with Gasteiger partial charge in [-0.25, -0.2) is 4.98 Å². The van der Waals surface area contributed by atoms with Gasteiger partial charge < -0.3 is 9.30 Å². The Kier molecular flexibility index (Phi) is 4.39. The summed E-state index contributed by atoms with van der Waals surface area (Å²) < 4.78 is 6.97. The Labute approximate surface area is 141 Å². The third-order valence-corrected chi connectivity index (χ3v) is 4.99. The van der Waals surface area contributed by atoms with Crippen molar-refractivity contribution in [1.29, 1.82) is 5.26 Å². The van der Waals surface area contributed by atoms with Crippen molar-refractivity contribution < 1.29 is 9.53 Å². The lowest BCUT2D eigenvalue weighted by Gasteiger charge is -2.14. The molecule has 1 fully saturated rings. The third kappa shape index (κ3) is 2.69. The fourth-order valence-electron chi connectivity index (χ4n) is 3.41. The number of carbonyl (C=O) groups excluding carboxylic acids is 1. The molecule has 1 aliphatic rings. The number of nitrogens with zero attached hydrogens (tertiary/aromatic N) is 3. The molecule has 1 unspecified atom stereocenters. The second kappa shape index (κ2) is 6.48.